The zero-order valence-electron chi connectivity index (χ0n) is 9.69. The second-order valence-electron chi connectivity index (χ2n) is 4.25. The molecule has 0 aromatic rings. The molecule has 1 fully saturated rings. The van der Waals surface area contributed by atoms with Crippen LogP contribution in [0, 0.1) is 5.92 Å². The van der Waals surface area contributed by atoms with Crippen molar-refractivity contribution in [2.24, 2.45) is 5.92 Å². The van der Waals surface area contributed by atoms with Gasteiger partial charge in [-0.3, -0.25) is 4.79 Å². The molecule has 0 saturated heterocycles. The summed E-state index contributed by atoms with van der Waals surface area (Å²) in [5.41, 5.74) is 0. The Labute approximate surface area is 95.8 Å². The van der Waals surface area contributed by atoms with E-state index in [1.165, 1.54) is 0 Å². The summed E-state index contributed by atoms with van der Waals surface area (Å²) in [6.45, 7) is 2.23. The Morgan fingerprint density at radius 1 is 1.44 bits per heavy atom. The van der Waals surface area contributed by atoms with Gasteiger partial charge in [-0.1, -0.05) is 0 Å². The average molecular weight is 231 g/mol. The van der Waals surface area contributed by atoms with Crippen molar-refractivity contribution in [1.82, 2.24) is 5.32 Å². The van der Waals surface area contributed by atoms with E-state index in [1.54, 1.807) is 0 Å². The quantitative estimate of drug-likeness (QED) is 0.560. The number of rotatable bonds is 7. The maximum atomic E-state index is 11.5. The number of hydrogen-bond donors (Lipinski definition) is 3. The van der Waals surface area contributed by atoms with Crippen molar-refractivity contribution in [3.8, 4) is 0 Å². The van der Waals surface area contributed by atoms with Crippen LogP contribution >= 0.6 is 0 Å². The fourth-order valence-electron chi connectivity index (χ4n) is 1.91. The lowest BCUT2D eigenvalue weighted by Crippen LogP contribution is -2.42. The van der Waals surface area contributed by atoms with Crippen LogP contribution in [0.5, 0.6) is 0 Å². The summed E-state index contributed by atoms with van der Waals surface area (Å²) in [7, 11) is 0. The molecule has 0 aromatic carbocycles. The smallest absolute Gasteiger partial charge is 0.220 e. The van der Waals surface area contributed by atoms with E-state index in [-0.39, 0.29) is 19.1 Å². The van der Waals surface area contributed by atoms with E-state index in [0.717, 1.165) is 19.4 Å². The highest BCUT2D eigenvalue weighted by Crippen LogP contribution is 2.32. The van der Waals surface area contributed by atoms with E-state index in [1.807, 2.05) is 6.92 Å². The number of carbonyl (C=O) groups is 1. The molecule has 1 aliphatic carbocycles. The SMILES string of the molecule is CCOC1CC(CC(=O)NC(CO)CO)C1. The topological polar surface area (TPSA) is 78.8 Å². The summed E-state index contributed by atoms with van der Waals surface area (Å²) >= 11 is 0. The Bertz CT molecular complexity index is 212. The molecule has 16 heavy (non-hydrogen) atoms. The van der Waals surface area contributed by atoms with Gasteiger partial charge in [0.2, 0.25) is 5.91 Å². The number of nitrogens with one attached hydrogen (secondary N) is 1. The minimum absolute atomic E-state index is 0.104. The first-order valence-electron chi connectivity index (χ1n) is 5.82. The lowest BCUT2D eigenvalue weighted by molar-refractivity contribution is -0.125. The fraction of sp³-hybridized carbons (Fsp3) is 0.909. The standard InChI is InChI=1S/C11H21NO4/c1-2-16-10-3-8(4-10)5-11(15)12-9(6-13)7-14/h8-10,13-14H,2-7H2,1H3,(H,12,15). The minimum Gasteiger partial charge on any atom is -0.394 e. The first-order chi connectivity index (χ1) is 7.69. The predicted octanol–water partition coefficient (Wildman–Crippen LogP) is -0.339. The number of amides is 1. The number of aliphatic hydroxyl groups excluding tert-OH is 2. The summed E-state index contributed by atoms with van der Waals surface area (Å²) < 4.78 is 5.40. The minimum atomic E-state index is -0.532. The van der Waals surface area contributed by atoms with Crippen LogP contribution in [0.1, 0.15) is 26.2 Å². The molecule has 0 heterocycles. The van der Waals surface area contributed by atoms with Crippen LogP contribution in [0.2, 0.25) is 0 Å². The van der Waals surface area contributed by atoms with Gasteiger partial charge in [0.25, 0.3) is 0 Å². The highest BCUT2D eigenvalue weighted by molar-refractivity contribution is 5.76. The summed E-state index contributed by atoms with van der Waals surface area (Å²) in [5.74, 6) is 0.280. The molecule has 0 radical (unpaired) electrons. The monoisotopic (exact) mass is 231 g/mol. The molecular weight excluding hydrogens is 210 g/mol. The van der Waals surface area contributed by atoms with Gasteiger partial charge in [-0.15, -0.1) is 0 Å². The van der Waals surface area contributed by atoms with Crippen LogP contribution < -0.4 is 5.32 Å². The van der Waals surface area contributed by atoms with E-state index in [2.05, 4.69) is 5.32 Å². The molecule has 3 N–H and O–H groups in total. The van der Waals surface area contributed by atoms with Crippen LogP contribution in [0.15, 0.2) is 0 Å². The molecule has 0 bridgehead atoms. The molecule has 0 atom stereocenters. The molecule has 0 spiro atoms. The summed E-state index contributed by atoms with van der Waals surface area (Å²) in [4.78, 5) is 11.5. The molecule has 0 unspecified atom stereocenters. The average Bonchev–Trinajstić information content (AvgIpc) is 2.23. The van der Waals surface area contributed by atoms with Crippen molar-refractivity contribution in [2.45, 2.75) is 38.3 Å². The van der Waals surface area contributed by atoms with Gasteiger partial charge in [-0.25, -0.2) is 0 Å². The van der Waals surface area contributed by atoms with E-state index < -0.39 is 6.04 Å². The van der Waals surface area contributed by atoms with Crippen LogP contribution in [-0.2, 0) is 9.53 Å². The second-order valence-corrected chi connectivity index (χ2v) is 4.25. The molecule has 1 aliphatic rings. The molecule has 5 nitrogen and oxygen atoms in total. The van der Waals surface area contributed by atoms with Gasteiger partial charge in [0, 0.05) is 13.0 Å². The van der Waals surface area contributed by atoms with E-state index in [9.17, 15) is 4.79 Å². The second kappa shape index (κ2) is 6.83. The Kier molecular flexibility index (Phi) is 5.73. The van der Waals surface area contributed by atoms with Crippen molar-refractivity contribution in [3.05, 3.63) is 0 Å². The molecule has 0 aromatic heterocycles. The van der Waals surface area contributed by atoms with Gasteiger partial charge in [-0.05, 0) is 25.7 Å². The Hall–Kier alpha value is -0.650. The van der Waals surface area contributed by atoms with Gasteiger partial charge in [0.05, 0.1) is 25.4 Å². The van der Waals surface area contributed by atoms with E-state index in [4.69, 9.17) is 14.9 Å². The van der Waals surface area contributed by atoms with Gasteiger partial charge < -0.3 is 20.3 Å². The predicted molar refractivity (Wildman–Crippen MR) is 58.9 cm³/mol. The Balaban J connectivity index is 2.12. The molecule has 94 valence electrons. The van der Waals surface area contributed by atoms with Crippen LogP contribution in [-0.4, -0.2) is 48.1 Å². The van der Waals surface area contributed by atoms with Crippen LogP contribution in [0.3, 0.4) is 0 Å². The number of ether oxygens (including phenoxy) is 1. The molecular formula is C11H21NO4. The van der Waals surface area contributed by atoms with Gasteiger partial charge in [-0.2, -0.15) is 0 Å². The van der Waals surface area contributed by atoms with E-state index in [0.29, 0.717) is 18.4 Å². The van der Waals surface area contributed by atoms with E-state index >= 15 is 0 Å². The summed E-state index contributed by atoms with van der Waals surface area (Å²) in [6.07, 6.45) is 2.64. The first-order valence-corrected chi connectivity index (χ1v) is 5.82. The zero-order chi connectivity index (χ0) is 12.0. The highest BCUT2D eigenvalue weighted by Gasteiger charge is 2.31. The van der Waals surface area contributed by atoms with Crippen molar-refractivity contribution in [3.63, 3.8) is 0 Å². The van der Waals surface area contributed by atoms with Crippen molar-refractivity contribution in [1.29, 1.82) is 0 Å². The lowest BCUT2D eigenvalue weighted by Gasteiger charge is -2.34. The molecule has 5 heteroatoms. The third kappa shape index (κ3) is 4.08. The van der Waals surface area contributed by atoms with Crippen molar-refractivity contribution >= 4 is 5.91 Å². The normalized spacial score (nSPS) is 24.2. The molecule has 1 amide bonds. The Morgan fingerprint density at radius 3 is 2.56 bits per heavy atom. The van der Waals surface area contributed by atoms with Crippen LogP contribution in [0.4, 0.5) is 0 Å². The number of carbonyl (C=O) groups excluding carboxylic acids is 1. The summed E-state index contributed by atoms with van der Waals surface area (Å²) in [5, 5.41) is 20.2. The fourth-order valence-corrected chi connectivity index (χ4v) is 1.91. The third-order valence-electron chi connectivity index (χ3n) is 2.87. The largest absolute Gasteiger partial charge is 0.394 e. The number of hydrogen-bond acceptors (Lipinski definition) is 4. The highest BCUT2D eigenvalue weighted by atomic mass is 16.5. The molecule has 1 rings (SSSR count). The maximum absolute atomic E-state index is 11.5. The lowest BCUT2D eigenvalue weighted by atomic mass is 9.80. The van der Waals surface area contributed by atoms with Crippen molar-refractivity contribution in [2.75, 3.05) is 19.8 Å². The van der Waals surface area contributed by atoms with Gasteiger partial charge in [0.1, 0.15) is 0 Å². The molecule has 1 saturated carbocycles. The summed E-state index contributed by atoms with van der Waals surface area (Å²) in [6, 6.07) is -0.532. The maximum Gasteiger partial charge on any atom is 0.220 e. The zero-order valence-corrected chi connectivity index (χ0v) is 9.69. The van der Waals surface area contributed by atoms with Crippen molar-refractivity contribution < 1.29 is 19.7 Å². The van der Waals surface area contributed by atoms with Crippen LogP contribution in [0.25, 0.3) is 0 Å². The van der Waals surface area contributed by atoms with Gasteiger partial charge >= 0.3 is 0 Å². The number of aliphatic hydroxyl groups is 2. The Morgan fingerprint density at radius 2 is 2.06 bits per heavy atom. The first kappa shape index (κ1) is 13.4. The molecule has 0 aliphatic heterocycles. The third-order valence-corrected chi connectivity index (χ3v) is 2.87. The van der Waals surface area contributed by atoms with Gasteiger partial charge in [0.15, 0.2) is 0 Å².